The first-order chi connectivity index (χ1) is 8.75. The molecule has 2 atom stereocenters. The Morgan fingerprint density at radius 1 is 1.61 bits per heavy atom. The highest BCUT2D eigenvalue weighted by Gasteiger charge is 2.15. The zero-order valence-corrected chi connectivity index (χ0v) is 11.2. The highest BCUT2D eigenvalue weighted by Crippen LogP contribution is 2.15. The minimum Gasteiger partial charge on any atom is -0.487 e. The third-order valence-corrected chi connectivity index (χ3v) is 3.11. The van der Waals surface area contributed by atoms with E-state index in [1.54, 1.807) is 6.20 Å². The fourth-order valence-electron chi connectivity index (χ4n) is 2.11. The van der Waals surface area contributed by atoms with Crippen LogP contribution >= 0.6 is 0 Å². The van der Waals surface area contributed by atoms with Crippen LogP contribution in [0.1, 0.15) is 25.5 Å². The van der Waals surface area contributed by atoms with Gasteiger partial charge in [0.15, 0.2) is 0 Å². The van der Waals surface area contributed by atoms with Crippen LogP contribution in [0.3, 0.4) is 0 Å². The van der Waals surface area contributed by atoms with Crippen molar-refractivity contribution in [1.82, 2.24) is 10.3 Å². The van der Waals surface area contributed by atoms with Crippen molar-refractivity contribution in [3.05, 3.63) is 24.0 Å². The van der Waals surface area contributed by atoms with Gasteiger partial charge >= 0.3 is 0 Å². The van der Waals surface area contributed by atoms with E-state index in [1.165, 1.54) is 12.8 Å². The molecule has 1 aliphatic rings. The Labute approximate surface area is 109 Å². The number of rotatable bonds is 6. The quantitative estimate of drug-likeness (QED) is 0.837. The van der Waals surface area contributed by atoms with Gasteiger partial charge in [0, 0.05) is 25.9 Å². The van der Waals surface area contributed by atoms with Crippen LogP contribution in [0.2, 0.25) is 0 Å². The lowest BCUT2D eigenvalue weighted by Gasteiger charge is -2.17. The second-order valence-electron chi connectivity index (χ2n) is 4.81. The molecular weight excluding hydrogens is 228 g/mol. The van der Waals surface area contributed by atoms with Crippen LogP contribution < -0.4 is 10.1 Å². The van der Waals surface area contributed by atoms with Crippen molar-refractivity contribution in [1.29, 1.82) is 0 Å². The van der Waals surface area contributed by atoms with Gasteiger partial charge in [0.1, 0.15) is 11.9 Å². The van der Waals surface area contributed by atoms with Gasteiger partial charge in [-0.15, -0.1) is 0 Å². The first-order valence-electron chi connectivity index (χ1n) is 6.66. The zero-order chi connectivity index (χ0) is 12.8. The highest BCUT2D eigenvalue weighted by atomic mass is 16.5. The topological polar surface area (TPSA) is 43.4 Å². The predicted octanol–water partition coefficient (Wildman–Crippen LogP) is 1.93. The number of nitrogens with zero attached hydrogens (tertiary/aromatic N) is 1. The van der Waals surface area contributed by atoms with Crippen LogP contribution in [-0.4, -0.2) is 36.9 Å². The summed E-state index contributed by atoms with van der Waals surface area (Å²) in [4.78, 5) is 4.21. The van der Waals surface area contributed by atoms with Gasteiger partial charge in [-0.05, 0) is 38.8 Å². The molecule has 0 aromatic carbocycles. The Kier molecular flexibility index (Phi) is 4.96. The maximum Gasteiger partial charge on any atom is 0.140 e. The van der Waals surface area contributed by atoms with Gasteiger partial charge in [-0.3, -0.25) is 4.98 Å². The second kappa shape index (κ2) is 6.71. The van der Waals surface area contributed by atoms with E-state index >= 15 is 0 Å². The molecule has 4 nitrogen and oxygen atoms in total. The Morgan fingerprint density at radius 3 is 3.22 bits per heavy atom. The number of aromatic nitrogens is 1. The first kappa shape index (κ1) is 13.3. The summed E-state index contributed by atoms with van der Waals surface area (Å²) in [7, 11) is 0. The number of ether oxygens (including phenoxy) is 2. The van der Waals surface area contributed by atoms with Gasteiger partial charge in [-0.1, -0.05) is 0 Å². The summed E-state index contributed by atoms with van der Waals surface area (Å²) in [6.45, 7) is 6.68. The molecule has 4 heteroatoms. The summed E-state index contributed by atoms with van der Waals surface area (Å²) >= 11 is 0. The summed E-state index contributed by atoms with van der Waals surface area (Å²) < 4.78 is 11.4. The molecule has 2 rings (SSSR count). The molecule has 0 amide bonds. The Bertz CT molecular complexity index is 365. The summed E-state index contributed by atoms with van der Waals surface area (Å²) in [6, 6.07) is 3.85. The largest absolute Gasteiger partial charge is 0.487 e. The maximum absolute atomic E-state index is 5.84. The molecule has 0 spiro atoms. The van der Waals surface area contributed by atoms with Crippen LogP contribution in [-0.2, 0) is 4.74 Å². The average Bonchev–Trinajstić information content (AvgIpc) is 2.85. The lowest BCUT2D eigenvalue weighted by atomic mass is 10.2. The normalized spacial score (nSPS) is 20.9. The lowest BCUT2D eigenvalue weighted by Crippen LogP contribution is -2.34. The van der Waals surface area contributed by atoms with Gasteiger partial charge in [-0.25, -0.2) is 0 Å². The SMILES string of the molecule is Cc1ncccc1OC(C)CNCC1CCCO1. The van der Waals surface area contributed by atoms with E-state index in [0.717, 1.165) is 31.1 Å². The Hall–Kier alpha value is -1.13. The molecular formula is C14H22N2O2. The standard InChI is InChI=1S/C14H22N2O2/c1-11(9-15-10-13-5-4-8-17-13)18-14-6-3-7-16-12(14)2/h3,6-7,11,13,15H,4-5,8-10H2,1-2H3. The third kappa shape index (κ3) is 3.96. The second-order valence-corrected chi connectivity index (χ2v) is 4.81. The number of aryl methyl sites for hydroxylation is 1. The van der Waals surface area contributed by atoms with Crippen LogP contribution in [0.4, 0.5) is 0 Å². The fraction of sp³-hybridized carbons (Fsp3) is 0.643. The first-order valence-corrected chi connectivity index (χ1v) is 6.66. The van der Waals surface area contributed by atoms with Crippen LogP contribution in [0.25, 0.3) is 0 Å². The fourth-order valence-corrected chi connectivity index (χ4v) is 2.11. The molecule has 1 aliphatic heterocycles. The predicted molar refractivity (Wildman–Crippen MR) is 70.9 cm³/mol. The summed E-state index contributed by atoms with van der Waals surface area (Å²) in [6.07, 6.45) is 4.66. The monoisotopic (exact) mass is 250 g/mol. The Morgan fingerprint density at radius 2 is 2.50 bits per heavy atom. The van der Waals surface area contributed by atoms with Crippen molar-refractivity contribution in [2.24, 2.45) is 0 Å². The molecule has 1 fully saturated rings. The third-order valence-electron chi connectivity index (χ3n) is 3.11. The van der Waals surface area contributed by atoms with Crippen molar-refractivity contribution < 1.29 is 9.47 Å². The molecule has 1 aromatic rings. The van der Waals surface area contributed by atoms with E-state index in [9.17, 15) is 0 Å². The van der Waals surface area contributed by atoms with Crippen LogP contribution in [0.5, 0.6) is 5.75 Å². The van der Waals surface area contributed by atoms with Crippen LogP contribution in [0, 0.1) is 6.92 Å². The highest BCUT2D eigenvalue weighted by molar-refractivity contribution is 5.25. The van der Waals surface area contributed by atoms with E-state index in [1.807, 2.05) is 19.1 Å². The molecule has 0 radical (unpaired) electrons. The van der Waals surface area contributed by atoms with Crippen molar-refractivity contribution in [3.63, 3.8) is 0 Å². The summed E-state index contributed by atoms with van der Waals surface area (Å²) in [5.41, 5.74) is 0.934. The molecule has 1 saturated heterocycles. The Balaban J connectivity index is 1.68. The molecule has 0 aliphatic carbocycles. The van der Waals surface area contributed by atoms with E-state index in [0.29, 0.717) is 6.10 Å². The van der Waals surface area contributed by atoms with Crippen molar-refractivity contribution in [2.45, 2.75) is 38.9 Å². The number of nitrogens with one attached hydrogen (secondary N) is 1. The van der Waals surface area contributed by atoms with Crippen LogP contribution in [0.15, 0.2) is 18.3 Å². The van der Waals surface area contributed by atoms with E-state index < -0.39 is 0 Å². The van der Waals surface area contributed by atoms with E-state index in [-0.39, 0.29) is 6.10 Å². The summed E-state index contributed by atoms with van der Waals surface area (Å²) in [5, 5.41) is 3.40. The summed E-state index contributed by atoms with van der Waals surface area (Å²) in [5.74, 6) is 0.865. The maximum atomic E-state index is 5.84. The minimum atomic E-state index is 0.134. The zero-order valence-electron chi connectivity index (χ0n) is 11.2. The molecule has 1 N–H and O–H groups in total. The molecule has 1 aromatic heterocycles. The van der Waals surface area contributed by atoms with E-state index in [2.05, 4.69) is 17.2 Å². The molecule has 0 bridgehead atoms. The van der Waals surface area contributed by atoms with Crippen molar-refractivity contribution >= 4 is 0 Å². The average molecular weight is 250 g/mol. The van der Waals surface area contributed by atoms with Crippen molar-refractivity contribution in [2.75, 3.05) is 19.7 Å². The number of pyridine rings is 1. The van der Waals surface area contributed by atoms with Gasteiger partial charge in [0.25, 0.3) is 0 Å². The number of hydrogen-bond donors (Lipinski definition) is 1. The molecule has 0 saturated carbocycles. The number of hydrogen-bond acceptors (Lipinski definition) is 4. The molecule has 18 heavy (non-hydrogen) atoms. The van der Waals surface area contributed by atoms with Gasteiger partial charge < -0.3 is 14.8 Å². The van der Waals surface area contributed by atoms with Crippen molar-refractivity contribution in [3.8, 4) is 5.75 Å². The smallest absolute Gasteiger partial charge is 0.140 e. The molecule has 100 valence electrons. The van der Waals surface area contributed by atoms with Gasteiger partial charge in [-0.2, -0.15) is 0 Å². The minimum absolute atomic E-state index is 0.134. The van der Waals surface area contributed by atoms with E-state index in [4.69, 9.17) is 9.47 Å². The molecule has 2 heterocycles. The lowest BCUT2D eigenvalue weighted by molar-refractivity contribution is 0.106. The molecule has 2 unspecified atom stereocenters. The van der Waals surface area contributed by atoms with Gasteiger partial charge in [0.2, 0.25) is 0 Å². The van der Waals surface area contributed by atoms with Gasteiger partial charge in [0.05, 0.1) is 11.8 Å².